The Morgan fingerprint density at radius 3 is 2.11 bits per heavy atom. The first-order valence-electron chi connectivity index (χ1n) is 15.9. The van der Waals surface area contributed by atoms with Crippen molar-refractivity contribution < 1.29 is 18.3 Å². The number of rotatable bonds is 14. The maximum atomic E-state index is 14.4. The number of ketones is 1. The molecule has 45 heavy (non-hydrogen) atoms. The van der Waals surface area contributed by atoms with Gasteiger partial charge in [-0.2, -0.15) is 0 Å². The average molecular weight is 632 g/mol. The molecule has 6 heteroatoms. The third kappa shape index (κ3) is 8.39. The lowest BCUT2D eigenvalue weighted by molar-refractivity contribution is -0.119. The number of aryl methyl sites for hydroxylation is 1. The van der Waals surface area contributed by atoms with Gasteiger partial charge in [0, 0.05) is 30.8 Å². The predicted octanol–water partition coefficient (Wildman–Crippen LogP) is 9.45. The van der Waals surface area contributed by atoms with Crippen LogP contribution >= 0.6 is 12.4 Å². The molecule has 5 rings (SSSR count). The van der Waals surface area contributed by atoms with E-state index in [0.29, 0.717) is 25.0 Å². The molecule has 1 aliphatic rings. The van der Waals surface area contributed by atoms with Crippen molar-refractivity contribution in [2.45, 2.75) is 69.7 Å². The van der Waals surface area contributed by atoms with Gasteiger partial charge in [-0.3, -0.25) is 9.69 Å². The van der Waals surface area contributed by atoms with Crippen molar-refractivity contribution in [3.8, 4) is 5.75 Å². The van der Waals surface area contributed by atoms with Crippen molar-refractivity contribution in [2.75, 3.05) is 20.2 Å². The van der Waals surface area contributed by atoms with E-state index < -0.39 is 0 Å². The third-order valence-electron chi connectivity index (χ3n) is 9.45. The van der Waals surface area contributed by atoms with Crippen LogP contribution in [-0.2, 0) is 23.1 Å². The Morgan fingerprint density at radius 2 is 1.49 bits per heavy atom. The van der Waals surface area contributed by atoms with E-state index in [-0.39, 0.29) is 41.3 Å². The van der Waals surface area contributed by atoms with Crippen LogP contribution in [0.15, 0.2) is 97.1 Å². The molecule has 1 atom stereocenters. The maximum absolute atomic E-state index is 14.4. The Bertz CT molecular complexity index is 1470. The molecule has 1 unspecified atom stereocenters. The highest BCUT2D eigenvalue weighted by molar-refractivity contribution is 5.85. The van der Waals surface area contributed by atoms with E-state index in [9.17, 15) is 13.6 Å². The summed E-state index contributed by atoms with van der Waals surface area (Å²) in [7, 11) is 1.52. The minimum atomic E-state index is -0.295. The largest absolute Gasteiger partial charge is 0.494 e. The second kappa shape index (κ2) is 16.1. The molecule has 0 aromatic heterocycles. The lowest BCUT2D eigenvalue weighted by Crippen LogP contribution is -2.36. The van der Waals surface area contributed by atoms with Gasteiger partial charge < -0.3 is 4.74 Å². The number of hydrogen-bond acceptors (Lipinski definition) is 3. The molecule has 4 aromatic carbocycles. The summed E-state index contributed by atoms with van der Waals surface area (Å²) in [5.74, 6) is -0.00128. The first kappa shape index (κ1) is 34.3. The van der Waals surface area contributed by atoms with E-state index in [1.807, 2.05) is 6.07 Å². The van der Waals surface area contributed by atoms with Crippen LogP contribution in [0, 0.1) is 11.6 Å². The Labute approximate surface area is 273 Å². The fourth-order valence-corrected chi connectivity index (χ4v) is 6.95. The molecule has 0 aliphatic carbocycles. The van der Waals surface area contributed by atoms with Crippen LogP contribution in [0.3, 0.4) is 0 Å². The Kier molecular flexibility index (Phi) is 12.3. The van der Waals surface area contributed by atoms with Crippen molar-refractivity contribution in [3.05, 3.63) is 137 Å². The van der Waals surface area contributed by atoms with Crippen LogP contribution in [0.1, 0.15) is 79.3 Å². The fraction of sp³-hybridized carbons (Fsp3) is 0.359. The van der Waals surface area contributed by atoms with Gasteiger partial charge >= 0.3 is 0 Å². The summed E-state index contributed by atoms with van der Waals surface area (Å²) in [6, 6.07) is 31.6. The van der Waals surface area contributed by atoms with Gasteiger partial charge in [-0.15, -0.1) is 12.4 Å². The van der Waals surface area contributed by atoms with E-state index in [0.717, 1.165) is 61.9 Å². The monoisotopic (exact) mass is 631 g/mol. The molecule has 1 heterocycles. The molecule has 3 nitrogen and oxygen atoms in total. The molecular formula is C39H44ClF2NO2. The van der Waals surface area contributed by atoms with Crippen LogP contribution < -0.4 is 4.74 Å². The van der Waals surface area contributed by atoms with Gasteiger partial charge in [-0.1, -0.05) is 72.8 Å². The first-order valence-corrected chi connectivity index (χ1v) is 15.9. The Hall–Kier alpha value is -3.54. The van der Waals surface area contributed by atoms with Crippen molar-refractivity contribution >= 4 is 18.2 Å². The molecule has 0 spiro atoms. The van der Waals surface area contributed by atoms with Crippen molar-refractivity contribution in [3.63, 3.8) is 0 Å². The van der Waals surface area contributed by atoms with Gasteiger partial charge in [0.1, 0.15) is 11.6 Å². The molecule has 0 N–H and O–H groups in total. The number of Topliss-reactive ketones (excluding diaryl/α,β-unsaturated/α-hetero) is 1. The zero-order valence-electron chi connectivity index (χ0n) is 26.3. The number of fused-ring (bicyclic) bond motifs is 1. The van der Waals surface area contributed by atoms with Crippen LogP contribution in [-0.4, -0.2) is 30.9 Å². The minimum Gasteiger partial charge on any atom is -0.494 e. The molecule has 0 amide bonds. The predicted molar refractivity (Wildman–Crippen MR) is 180 cm³/mol. The summed E-state index contributed by atoms with van der Waals surface area (Å²) in [6.07, 6.45) is 6.07. The quantitative estimate of drug-likeness (QED) is 0.139. The second-order valence-electron chi connectivity index (χ2n) is 12.1. The van der Waals surface area contributed by atoms with Crippen molar-refractivity contribution in [1.82, 2.24) is 4.90 Å². The number of hydrogen-bond donors (Lipinski definition) is 0. The highest BCUT2D eigenvalue weighted by atomic mass is 35.5. The van der Waals surface area contributed by atoms with E-state index in [2.05, 4.69) is 72.5 Å². The molecule has 0 saturated carbocycles. The zero-order valence-corrected chi connectivity index (χ0v) is 27.1. The fourth-order valence-electron chi connectivity index (χ4n) is 6.95. The molecular weight excluding hydrogens is 588 g/mol. The summed E-state index contributed by atoms with van der Waals surface area (Å²) in [5.41, 5.74) is 5.54. The Morgan fingerprint density at radius 1 is 0.867 bits per heavy atom. The van der Waals surface area contributed by atoms with Gasteiger partial charge in [-0.05, 0) is 104 Å². The first-order chi connectivity index (χ1) is 21.4. The smallest absolute Gasteiger partial charge is 0.165 e. The van der Waals surface area contributed by atoms with Crippen LogP contribution in [0.2, 0.25) is 0 Å². The highest BCUT2D eigenvalue weighted by Gasteiger charge is 2.34. The van der Waals surface area contributed by atoms with Gasteiger partial charge in [0.05, 0.1) is 7.11 Å². The third-order valence-corrected chi connectivity index (χ3v) is 9.45. The molecule has 238 valence electrons. The van der Waals surface area contributed by atoms with Crippen molar-refractivity contribution in [1.29, 1.82) is 0 Å². The zero-order chi connectivity index (χ0) is 30.9. The topological polar surface area (TPSA) is 29.5 Å². The van der Waals surface area contributed by atoms with E-state index in [1.54, 1.807) is 18.2 Å². The van der Waals surface area contributed by atoms with Crippen LogP contribution in [0.5, 0.6) is 5.75 Å². The summed E-state index contributed by atoms with van der Waals surface area (Å²) >= 11 is 0. The number of ether oxygens (including phenoxy) is 1. The molecule has 0 fully saturated rings. The van der Waals surface area contributed by atoms with Crippen LogP contribution in [0.4, 0.5) is 8.78 Å². The number of methoxy groups -OCH3 is 1. The summed E-state index contributed by atoms with van der Waals surface area (Å²) in [6.45, 7) is 4.03. The number of benzene rings is 4. The lowest BCUT2D eigenvalue weighted by atomic mass is 9.68. The standard InChI is InChI=1S/C39H43F2NO2.ClH/c1-29-36-28-38(44-2)37(41)27-31(36)22-26-42(29)25-10-24-39(32-11-5-3-6-12-32,33-13-7-4-8-14-33)23-9-15-35(43)21-18-30-16-19-34(40)20-17-30;/h3-8,11-14,16-17,19-20,27-29H,9-10,15,18,21-26H2,1-2H3;1H. The van der Waals surface area contributed by atoms with Gasteiger partial charge in [-0.25, -0.2) is 8.78 Å². The van der Waals surface area contributed by atoms with E-state index in [1.165, 1.54) is 30.4 Å². The average Bonchev–Trinajstić information content (AvgIpc) is 3.05. The molecule has 0 radical (unpaired) electrons. The van der Waals surface area contributed by atoms with Gasteiger partial charge in [0.25, 0.3) is 0 Å². The SMILES string of the molecule is COc1cc2c(cc1F)CCN(CCCC(CCCC(=O)CCc1ccc(F)cc1)(c1ccccc1)c1ccccc1)C2C.Cl. The summed E-state index contributed by atoms with van der Waals surface area (Å²) in [5, 5.41) is 0. The molecule has 0 bridgehead atoms. The minimum absolute atomic E-state index is 0. The van der Waals surface area contributed by atoms with Crippen molar-refractivity contribution in [2.24, 2.45) is 0 Å². The van der Waals surface area contributed by atoms with E-state index in [4.69, 9.17) is 4.74 Å². The molecule has 4 aromatic rings. The van der Waals surface area contributed by atoms with E-state index >= 15 is 0 Å². The molecule has 0 saturated heterocycles. The second-order valence-corrected chi connectivity index (χ2v) is 12.1. The normalized spacial score (nSPS) is 14.8. The number of nitrogens with zero attached hydrogens (tertiary/aromatic N) is 1. The van der Waals surface area contributed by atoms with Crippen LogP contribution in [0.25, 0.3) is 0 Å². The Balaban J connectivity index is 0.00000461. The molecule has 1 aliphatic heterocycles. The summed E-state index contributed by atoms with van der Waals surface area (Å²) in [4.78, 5) is 15.5. The van der Waals surface area contributed by atoms with Gasteiger partial charge in [0.2, 0.25) is 0 Å². The summed E-state index contributed by atoms with van der Waals surface area (Å²) < 4.78 is 32.9. The number of halogens is 3. The number of carbonyl (C=O) groups excluding carboxylic acids is 1. The maximum Gasteiger partial charge on any atom is 0.165 e. The highest BCUT2D eigenvalue weighted by Crippen LogP contribution is 2.42. The number of carbonyl (C=O) groups is 1. The lowest BCUT2D eigenvalue weighted by Gasteiger charge is -2.39. The van der Waals surface area contributed by atoms with Gasteiger partial charge in [0.15, 0.2) is 11.6 Å².